The summed E-state index contributed by atoms with van der Waals surface area (Å²) in [5.74, 6) is -12.9. The maximum atomic E-state index is 14.2. The van der Waals surface area contributed by atoms with Crippen molar-refractivity contribution in [3.63, 3.8) is 0 Å². The zero-order chi connectivity index (χ0) is 24.9. The molecular formula is C23H13F5N2O4. The highest BCUT2D eigenvalue weighted by molar-refractivity contribution is 6.32. The van der Waals surface area contributed by atoms with E-state index in [9.17, 15) is 31.5 Å². The van der Waals surface area contributed by atoms with E-state index in [0.717, 1.165) is 0 Å². The first-order valence-electron chi connectivity index (χ1n) is 9.58. The topological polar surface area (TPSA) is 83.1 Å². The average molecular weight is 476 g/mol. The molecule has 0 bridgehead atoms. The zero-order valence-electron chi connectivity index (χ0n) is 17.4. The maximum Gasteiger partial charge on any atom is 0.335 e. The molecule has 1 aliphatic rings. The van der Waals surface area contributed by atoms with Gasteiger partial charge in [-0.1, -0.05) is 6.07 Å². The van der Waals surface area contributed by atoms with Crippen molar-refractivity contribution in [3.05, 3.63) is 81.9 Å². The normalized spacial score (nSPS) is 14.8. The van der Waals surface area contributed by atoms with Gasteiger partial charge in [-0.2, -0.15) is 10.1 Å². The third kappa shape index (κ3) is 3.64. The lowest BCUT2D eigenvalue weighted by molar-refractivity contribution is -0.114. The van der Waals surface area contributed by atoms with Crippen molar-refractivity contribution < 1.29 is 41.1 Å². The van der Waals surface area contributed by atoms with E-state index in [4.69, 9.17) is 9.52 Å². The molecule has 0 aliphatic carbocycles. The molecule has 0 fully saturated rings. The van der Waals surface area contributed by atoms with Gasteiger partial charge >= 0.3 is 5.97 Å². The standard InChI is InChI=1S/C23H13F5N2O4/c1-9-7-11(23(32)33)3-5-13(9)15-6-4-12(34-15)8-14-10(2)29-30(22(14)31)21-19(27)17(25)16(24)18(26)20(21)28/h3-8H,1-2H3,(H,32,33)/b14-8+. The molecule has 2 heterocycles. The molecule has 11 heteroatoms. The number of carboxylic acids is 1. The minimum atomic E-state index is -2.35. The fourth-order valence-electron chi connectivity index (χ4n) is 3.41. The van der Waals surface area contributed by atoms with Crippen molar-refractivity contribution in [3.8, 4) is 11.3 Å². The summed E-state index contributed by atoms with van der Waals surface area (Å²) < 4.78 is 74.5. The second-order valence-corrected chi connectivity index (χ2v) is 7.32. The van der Waals surface area contributed by atoms with Crippen LogP contribution < -0.4 is 5.01 Å². The summed E-state index contributed by atoms with van der Waals surface area (Å²) in [6, 6.07) is 7.44. The van der Waals surface area contributed by atoms with Crippen LogP contribution in [0, 0.1) is 36.0 Å². The number of furan rings is 1. The average Bonchev–Trinajstić information content (AvgIpc) is 3.36. The van der Waals surface area contributed by atoms with Gasteiger partial charge in [-0.25, -0.2) is 26.7 Å². The van der Waals surface area contributed by atoms with Gasteiger partial charge < -0.3 is 9.52 Å². The predicted molar refractivity (Wildman–Crippen MR) is 111 cm³/mol. The number of halogens is 5. The van der Waals surface area contributed by atoms with Gasteiger partial charge in [-0.05, 0) is 49.8 Å². The molecule has 0 saturated heterocycles. The lowest BCUT2D eigenvalue weighted by Crippen LogP contribution is -2.25. The Labute approximate surface area is 188 Å². The third-order valence-corrected chi connectivity index (χ3v) is 5.11. The number of anilines is 1. The van der Waals surface area contributed by atoms with Crippen molar-refractivity contribution in [1.29, 1.82) is 0 Å². The van der Waals surface area contributed by atoms with Crippen LogP contribution in [-0.2, 0) is 4.79 Å². The lowest BCUT2D eigenvalue weighted by Gasteiger charge is -2.14. The Hall–Kier alpha value is -4.28. The first kappa shape index (κ1) is 22.9. The van der Waals surface area contributed by atoms with E-state index in [2.05, 4.69) is 5.10 Å². The van der Waals surface area contributed by atoms with Gasteiger partial charge in [0.05, 0.1) is 16.8 Å². The van der Waals surface area contributed by atoms with E-state index in [1.807, 2.05) is 0 Å². The number of nitrogens with zero attached hydrogens (tertiary/aromatic N) is 2. The number of rotatable bonds is 4. The molecule has 1 aromatic heterocycles. The summed E-state index contributed by atoms with van der Waals surface area (Å²) in [5.41, 5.74) is -0.441. The number of amides is 1. The first-order chi connectivity index (χ1) is 16.0. The molecule has 1 N–H and O–H groups in total. The lowest BCUT2D eigenvalue weighted by atomic mass is 10.0. The van der Waals surface area contributed by atoms with E-state index in [-0.39, 0.29) is 27.6 Å². The van der Waals surface area contributed by atoms with Gasteiger partial charge in [-0.15, -0.1) is 0 Å². The molecule has 0 spiro atoms. The van der Waals surface area contributed by atoms with Crippen LogP contribution in [0.2, 0.25) is 0 Å². The Balaban J connectivity index is 1.69. The van der Waals surface area contributed by atoms with Gasteiger partial charge in [0.1, 0.15) is 17.2 Å². The molecule has 0 atom stereocenters. The number of hydrogen-bond acceptors (Lipinski definition) is 4. The number of carbonyl (C=O) groups is 2. The second kappa shape index (κ2) is 8.25. The monoisotopic (exact) mass is 476 g/mol. The number of hydrogen-bond donors (Lipinski definition) is 1. The largest absolute Gasteiger partial charge is 0.478 e. The Bertz CT molecular complexity index is 1410. The van der Waals surface area contributed by atoms with Crippen molar-refractivity contribution in [2.24, 2.45) is 5.10 Å². The molecule has 1 amide bonds. The highest BCUT2D eigenvalue weighted by atomic mass is 19.2. The van der Waals surface area contributed by atoms with E-state index in [0.29, 0.717) is 16.9 Å². The Morgan fingerprint density at radius 1 is 0.971 bits per heavy atom. The van der Waals surface area contributed by atoms with Crippen LogP contribution in [-0.4, -0.2) is 22.7 Å². The minimum Gasteiger partial charge on any atom is -0.478 e. The number of benzene rings is 2. The quantitative estimate of drug-likeness (QED) is 0.235. The van der Waals surface area contributed by atoms with E-state index in [1.54, 1.807) is 19.1 Å². The van der Waals surface area contributed by atoms with Crippen molar-refractivity contribution in [2.45, 2.75) is 13.8 Å². The molecule has 3 aromatic rings. The summed E-state index contributed by atoms with van der Waals surface area (Å²) in [5, 5.41) is 12.8. The molecule has 1 aliphatic heterocycles. The van der Waals surface area contributed by atoms with Gasteiger partial charge in [0, 0.05) is 5.56 Å². The molecule has 4 rings (SSSR count). The van der Waals surface area contributed by atoms with Gasteiger partial charge in [0.15, 0.2) is 23.3 Å². The van der Waals surface area contributed by atoms with E-state index >= 15 is 0 Å². The molecule has 0 unspecified atom stereocenters. The summed E-state index contributed by atoms with van der Waals surface area (Å²) in [6.07, 6.45) is 1.21. The highest BCUT2D eigenvalue weighted by Gasteiger charge is 2.37. The highest BCUT2D eigenvalue weighted by Crippen LogP contribution is 2.34. The van der Waals surface area contributed by atoms with Crippen LogP contribution in [0.3, 0.4) is 0 Å². The van der Waals surface area contributed by atoms with Gasteiger partial charge in [-0.3, -0.25) is 4.79 Å². The Morgan fingerprint density at radius 2 is 1.59 bits per heavy atom. The van der Waals surface area contributed by atoms with Crippen LogP contribution in [0.4, 0.5) is 27.6 Å². The van der Waals surface area contributed by atoms with Crippen LogP contribution in [0.25, 0.3) is 17.4 Å². The molecule has 34 heavy (non-hydrogen) atoms. The number of carbonyl (C=O) groups excluding carboxylic acids is 1. The second-order valence-electron chi connectivity index (χ2n) is 7.32. The molecular weight excluding hydrogens is 463 g/mol. The summed E-state index contributed by atoms with van der Waals surface area (Å²) in [4.78, 5) is 23.8. The Kier molecular flexibility index (Phi) is 5.56. The van der Waals surface area contributed by atoms with Crippen LogP contribution in [0.5, 0.6) is 0 Å². The summed E-state index contributed by atoms with van der Waals surface area (Å²) >= 11 is 0. The van der Waals surface area contributed by atoms with Crippen LogP contribution in [0.1, 0.15) is 28.6 Å². The van der Waals surface area contributed by atoms with Gasteiger partial charge in [0.25, 0.3) is 5.91 Å². The van der Waals surface area contributed by atoms with Gasteiger partial charge in [0.2, 0.25) is 5.82 Å². The van der Waals surface area contributed by atoms with Crippen molar-refractivity contribution in [2.75, 3.05) is 5.01 Å². The number of aromatic carboxylic acids is 1. The smallest absolute Gasteiger partial charge is 0.335 e. The number of carboxylic acid groups (broad SMARTS) is 1. The predicted octanol–water partition coefficient (Wildman–Crippen LogP) is 5.45. The minimum absolute atomic E-state index is 0.0473. The van der Waals surface area contributed by atoms with E-state index < -0.39 is 46.6 Å². The summed E-state index contributed by atoms with van der Waals surface area (Å²) in [7, 11) is 0. The molecule has 0 radical (unpaired) electrons. The van der Waals surface area contributed by atoms with Crippen molar-refractivity contribution in [1.82, 2.24) is 0 Å². The summed E-state index contributed by atoms with van der Waals surface area (Å²) in [6.45, 7) is 3.00. The first-order valence-corrected chi connectivity index (χ1v) is 9.58. The SMILES string of the molecule is CC1=NN(c2c(F)c(F)c(F)c(F)c2F)C(=O)/C1=C/c1ccc(-c2ccc(C(=O)O)cc2C)o1. The maximum absolute atomic E-state index is 14.2. The number of hydrazone groups is 1. The fourth-order valence-corrected chi connectivity index (χ4v) is 3.41. The van der Waals surface area contributed by atoms with Crippen molar-refractivity contribution >= 4 is 29.4 Å². The molecule has 0 saturated carbocycles. The van der Waals surface area contributed by atoms with Crippen LogP contribution in [0.15, 0.2) is 45.4 Å². The molecule has 174 valence electrons. The third-order valence-electron chi connectivity index (χ3n) is 5.11. The Morgan fingerprint density at radius 3 is 2.18 bits per heavy atom. The van der Waals surface area contributed by atoms with Crippen LogP contribution >= 0.6 is 0 Å². The fraction of sp³-hybridized carbons (Fsp3) is 0.0870. The molecule has 2 aromatic carbocycles. The molecule has 6 nitrogen and oxygen atoms in total. The van der Waals surface area contributed by atoms with E-state index in [1.165, 1.54) is 31.2 Å². The zero-order valence-corrected chi connectivity index (χ0v) is 17.4. The number of aryl methyl sites for hydroxylation is 1.